The summed E-state index contributed by atoms with van der Waals surface area (Å²) in [4.78, 5) is 23.8. The largest absolute Gasteiger partial charge is 0.508 e. The number of alkyl carbamates (subject to hydrolysis) is 1. The zero-order valence-corrected chi connectivity index (χ0v) is 13.4. The van der Waals surface area contributed by atoms with Crippen molar-refractivity contribution in [3.8, 4) is 5.75 Å². The minimum atomic E-state index is -0.659. The zero-order chi connectivity index (χ0) is 16.8. The number of amides is 1. The van der Waals surface area contributed by atoms with Crippen molar-refractivity contribution in [1.82, 2.24) is 5.32 Å². The van der Waals surface area contributed by atoms with Crippen molar-refractivity contribution in [2.24, 2.45) is 0 Å². The molecule has 122 valence electrons. The molecule has 1 rings (SSSR count). The zero-order valence-electron chi connectivity index (χ0n) is 13.4. The lowest BCUT2D eigenvalue weighted by molar-refractivity contribution is -0.144. The molecule has 0 aliphatic carbocycles. The van der Waals surface area contributed by atoms with Crippen LogP contribution in [0.5, 0.6) is 5.75 Å². The molecular weight excluding hydrogens is 286 g/mol. The van der Waals surface area contributed by atoms with Crippen LogP contribution in [0.1, 0.15) is 39.2 Å². The number of phenols is 1. The molecule has 0 fully saturated rings. The van der Waals surface area contributed by atoms with Gasteiger partial charge in [-0.05, 0) is 45.4 Å². The van der Waals surface area contributed by atoms with Gasteiger partial charge in [0, 0.05) is 6.54 Å². The summed E-state index contributed by atoms with van der Waals surface area (Å²) in [5.74, 6) is -0.997. The SMILES string of the molecule is CCOC(=O)C(CNC(=O)OC(C)(C)C)c1ccc(O)cc1. The fraction of sp³-hybridized carbons (Fsp3) is 0.500. The van der Waals surface area contributed by atoms with Crippen LogP contribution in [-0.4, -0.2) is 35.9 Å². The highest BCUT2D eigenvalue weighted by Crippen LogP contribution is 2.20. The average molecular weight is 309 g/mol. The van der Waals surface area contributed by atoms with Crippen molar-refractivity contribution in [2.45, 2.75) is 39.2 Å². The monoisotopic (exact) mass is 309 g/mol. The van der Waals surface area contributed by atoms with Gasteiger partial charge in [0.15, 0.2) is 0 Å². The second kappa shape index (κ2) is 7.68. The maximum atomic E-state index is 12.0. The molecule has 1 amide bonds. The van der Waals surface area contributed by atoms with Gasteiger partial charge in [-0.1, -0.05) is 12.1 Å². The van der Waals surface area contributed by atoms with Crippen LogP contribution in [0, 0.1) is 0 Å². The molecule has 22 heavy (non-hydrogen) atoms. The minimum absolute atomic E-state index is 0.0541. The van der Waals surface area contributed by atoms with E-state index >= 15 is 0 Å². The van der Waals surface area contributed by atoms with Gasteiger partial charge in [0.2, 0.25) is 0 Å². The Morgan fingerprint density at radius 1 is 1.23 bits per heavy atom. The van der Waals surface area contributed by atoms with Crippen LogP contribution in [-0.2, 0) is 14.3 Å². The molecule has 0 saturated carbocycles. The number of aromatic hydroxyl groups is 1. The first-order valence-corrected chi connectivity index (χ1v) is 7.15. The van der Waals surface area contributed by atoms with Crippen LogP contribution in [0.3, 0.4) is 0 Å². The van der Waals surface area contributed by atoms with Crippen molar-refractivity contribution in [3.05, 3.63) is 29.8 Å². The molecule has 0 bridgehead atoms. The highest BCUT2D eigenvalue weighted by Gasteiger charge is 2.24. The van der Waals surface area contributed by atoms with Gasteiger partial charge in [0.25, 0.3) is 0 Å². The summed E-state index contributed by atoms with van der Waals surface area (Å²) >= 11 is 0. The Hall–Kier alpha value is -2.24. The summed E-state index contributed by atoms with van der Waals surface area (Å²) in [5, 5.41) is 11.9. The third-order valence-corrected chi connectivity index (χ3v) is 2.72. The van der Waals surface area contributed by atoms with Crippen molar-refractivity contribution in [2.75, 3.05) is 13.2 Å². The van der Waals surface area contributed by atoms with E-state index in [-0.39, 0.29) is 18.9 Å². The molecule has 1 aromatic rings. The lowest BCUT2D eigenvalue weighted by atomic mass is 9.99. The maximum absolute atomic E-state index is 12.0. The normalized spacial score (nSPS) is 12.4. The molecule has 0 spiro atoms. The number of ether oxygens (including phenoxy) is 2. The summed E-state index contributed by atoms with van der Waals surface area (Å²) in [7, 11) is 0. The Bertz CT molecular complexity index is 504. The maximum Gasteiger partial charge on any atom is 0.407 e. The van der Waals surface area contributed by atoms with Gasteiger partial charge < -0.3 is 19.9 Å². The fourth-order valence-electron chi connectivity index (χ4n) is 1.79. The second-order valence-electron chi connectivity index (χ2n) is 5.78. The quantitative estimate of drug-likeness (QED) is 0.817. The van der Waals surface area contributed by atoms with Crippen molar-refractivity contribution < 1.29 is 24.2 Å². The first kappa shape index (κ1) is 17.8. The molecule has 1 unspecified atom stereocenters. The molecule has 0 heterocycles. The Labute approximate surface area is 130 Å². The third-order valence-electron chi connectivity index (χ3n) is 2.72. The van der Waals surface area contributed by atoms with E-state index in [2.05, 4.69) is 5.32 Å². The molecule has 6 heteroatoms. The van der Waals surface area contributed by atoms with Crippen LogP contribution in [0.2, 0.25) is 0 Å². The molecule has 0 aliphatic heterocycles. The highest BCUT2D eigenvalue weighted by molar-refractivity contribution is 5.79. The number of carbonyl (C=O) groups excluding carboxylic acids is 2. The summed E-state index contributed by atoms with van der Waals surface area (Å²) < 4.78 is 10.2. The first-order chi connectivity index (χ1) is 10.2. The molecule has 0 aromatic heterocycles. The predicted molar refractivity (Wildman–Crippen MR) is 81.7 cm³/mol. The summed E-state index contributed by atoms with van der Waals surface area (Å²) in [6, 6.07) is 6.20. The van der Waals surface area contributed by atoms with Crippen LogP contribution in [0.15, 0.2) is 24.3 Å². The van der Waals surface area contributed by atoms with Gasteiger partial charge in [-0.3, -0.25) is 4.79 Å². The van der Waals surface area contributed by atoms with Gasteiger partial charge in [0.05, 0.1) is 12.5 Å². The van der Waals surface area contributed by atoms with Gasteiger partial charge in [0.1, 0.15) is 11.4 Å². The number of nitrogens with one attached hydrogen (secondary N) is 1. The molecule has 2 N–H and O–H groups in total. The molecule has 0 aliphatic rings. The number of benzene rings is 1. The molecule has 6 nitrogen and oxygen atoms in total. The summed E-state index contributed by atoms with van der Waals surface area (Å²) in [5.41, 5.74) is 0.0366. The van der Waals surface area contributed by atoms with Gasteiger partial charge in [-0.2, -0.15) is 0 Å². The smallest absolute Gasteiger partial charge is 0.407 e. The number of carbonyl (C=O) groups is 2. The predicted octanol–water partition coefficient (Wildman–Crippen LogP) is 2.56. The van der Waals surface area contributed by atoms with E-state index in [1.807, 2.05) is 0 Å². The lowest BCUT2D eigenvalue weighted by Gasteiger charge is -2.21. The van der Waals surface area contributed by atoms with E-state index in [0.717, 1.165) is 0 Å². The Morgan fingerprint density at radius 3 is 2.32 bits per heavy atom. The Kier molecular flexibility index (Phi) is 6.22. The number of hydrogen-bond acceptors (Lipinski definition) is 5. The van der Waals surface area contributed by atoms with Crippen LogP contribution in [0.4, 0.5) is 4.79 Å². The molecule has 1 aromatic carbocycles. The van der Waals surface area contributed by atoms with Gasteiger partial charge in [-0.15, -0.1) is 0 Å². The minimum Gasteiger partial charge on any atom is -0.508 e. The van der Waals surface area contributed by atoms with Gasteiger partial charge in [-0.25, -0.2) is 4.79 Å². The fourth-order valence-corrected chi connectivity index (χ4v) is 1.79. The van der Waals surface area contributed by atoms with Crippen molar-refractivity contribution >= 4 is 12.1 Å². The Morgan fingerprint density at radius 2 is 1.82 bits per heavy atom. The molecule has 0 saturated heterocycles. The van der Waals surface area contributed by atoms with E-state index in [0.29, 0.717) is 5.56 Å². The number of esters is 1. The number of phenolic OH excluding ortho intramolecular Hbond substituents is 1. The number of hydrogen-bond donors (Lipinski definition) is 2. The Balaban J connectivity index is 2.77. The summed E-state index contributed by atoms with van der Waals surface area (Å²) in [6.07, 6.45) is -0.597. The topological polar surface area (TPSA) is 84.9 Å². The first-order valence-electron chi connectivity index (χ1n) is 7.15. The standard InChI is InChI=1S/C16H23NO5/c1-5-21-14(19)13(11-6-8-12(18)9-7-11)10-17-15(20)22-16(2,3)4/h6-9,13,18H,5,10H2,1-4H3,(H,17,20). The second-order valence-corrected chi connectivity index (χ2v) is 5.78. The molecular formula is C16H23NO5. The third kappa shape index (κ3) is 6.03. The van der Waals surface area contributed by atoms with E-state index < -0.39 is 23.6 Å². The van der Waals surface area contributed by atoms with Crippen molar-refractivity contribution in [3.63, 3.8) is 0 Å². The van der Waals surface area contributed by atoms with Gasteiger partial charge >= 0.3 is 12.1 Å². The average Bonchev–Trinajstić information content (AvgIpc) is 2.39. The highest BCUT2D eigenvalue weighted by atomic mass is 16.6. The van der Waals surface area contributed by atoms with Crippen LogP contribution in [0.25, 0.3) is 0 Å². The lowest BCUT2D eigenvalue weighted by Crippen LogP contribution is -2.36. The van der Waals surface area contributed by atoms with E-state index in [1.54, 1.807) is 39.8 Å². The summed E-state index contributed by atoms with van der Waals surface area (Å²) in [6.45, 7) is 7.30. The van der Waals surface area contributed by atoms with E-state index in [9.17, 15) is 14.7 Å². The van der Waals surface area contributed by atoms with Crippen LogP contribution < -0.4 is 5.32 Å². The van der Waals surface area contributed by atoms with Crippen molar-refractivity contribution in [1.29, 1.82) is 0 Å². The van der Waals surface area contributed by atoms with E-state index in [4.69, 9.17) is 9.47 Å². The molecule has 1 atom stereocenters. The van der Waals surface area contributed by atoms with E-state index in [1.165, 1.54) is 12.1 Å². The van der Waals surface area contributed by atoms with Crippen LogP contribution >= 0.6 is 0 Å². The molecule has 0 radical (unpaired) electrons. The number of rotatable bonds is 5.